The van der Waals surface area contributed by atoms with Crippen LogP contribution in [0.15, 0.2) is 41.1 Å². The standard InChI is InChI=1S/C10H7ClF2/c11-9(10(12)13)7-6-8-4-2-1-3-5-8/h1-6,10H. The van der Waals surface area contributed by atoms with Crippen LogP contribution in [0.25, 0.3) is 6.08 Å². The van der Waals surface area contributed by atoms with Crippen LogP contribution in [0.3, 0.4) is 0 Å². The van der Waals surface area contributed by atoms with Crippen LogP contribution >= 0.6 is 11.6 Å². The molecule has 0 spiro atoms. The molecule has 0 N–H and O–H groups in total. The van der Waals surface area contributed by atoms with E-state index in [2.05, 4.69) is 5.73 Å². The average Bonchev–Trinajstić information content (AvgIpc) is 2.15. The molecule has 0 aliphatic rings. The number of halogens is 3. The van der Waals surface area contributed by atoms with E-state index >= 15 is 0 Å². The van der Waals surface area contributed by atoms with E-state index in [4.69, 9.17) is 11.6 Å². The zero-order chi connectivity index (χ0) is 9.68. The van der Waals surface area contributed by atoms with Crippen molar-refractivity contribution < 1.29 is 8.78 Å². The molecule has 0 atom stereocenters. The second kappa shape index (κ2) is 4.80. The summed E-state index contributed by atoms with van der Waals surface area (Å²) in [4.78, 5) is 0. The maximum absolute atomic E-state index is 11.9. The predicted molar refractivity (Wildman–Crippen MR) is 49.8 cm³/mol. The van der Waals surface area contributed by atoms with E-state index in [-0.39, 0.29) is 0 Å². The minimum Gasteiger partial charge on any atom is -0.203 e. The molecule has 1 rings (SSSR count). The lowest BCUT2D eigenvalue weighted by Crippen LogP contribution is -1.85. The first kappa shape index (κ1) is 9.97. The summed E-state index contributed by atoms with van der Waals surface area (Å²) in [5, 5.41) is -0.566. The first-order chi connectivity index (χ1) is 6.20. The number of benzene rings is 1. The molecule has 0 bridgehead atoms. The van der Waals surface area contributed by atoms with Crippen LogP contribution < -0.4 is 0 Å². The van der Waals surface area contributed by atoms with Gasteiger partial charge in [0.1, 0.15) is 5.03 Å². The maximum atomic E-state index is 11.9. The van der Waals surface area contributed by atoms with Crippen molar-refractivity contribution in [1.82, 2.24) is 0 Å². The van der Waals surface area contributed by atoms with Crippen LogP contribution in [0, 0.1) is 0 Å². The van der Waals surface area contributed by atoms with Gasteiger partial charge in [-0.15, -0.1) is 0 Å². The van der Waals surface area contributed by atoms with Crippen molar-refractivity contribution in [3.63, 3.8) is 0 Å². The van der Waals surface area contributed by atoms with Crippen LogP contribution in [0.2, 0.25) is 0 Å². The van der Waals surface area contributed by atoms with Gasteiger partial charge < -0.3 is 0 Å². The summed E-state index contributed by atoms with van der Waals surface area (Å²) in [6.07, 6.45) is -1.23. The molecule has 0 heterocycles. The first-order valence-corrected chi connectivity index (χ1v) is 4.03. The van der Waals surface area contributed by atoms with Crippen molar-refractivity contribution in [2.75, 3.05) is 0 Å². The van der Waals surface area contributed by atoms with Gasteiger partial charge >= 0.3 is 0 Å². The van der Waals surface area contributed by atoms with E-state index in [0.29, 0.717) is 0 Å². The van der Waals surface area contributed by atoms with Crippen molar-refractivity contribution in [2.45, 2.75) is 6.43 Å². The SMILES string of the molecule is FC(F)C(Cl)=C=Cc1ccccc1. The van der Waals surface area contributed by atoms with Gasteiger partial charge in [-0.25, -0.2) is 8.78 Å². The monoisotopic (exact) mass is 200 g/mol. The van der Waals surface area contributed by atoms with Gasteiger partial charge in [-0.1, -0.05) is 47.7 Å². The van der Waals surface area contributed by atoms with Gasteiger partial charge in [-0.2, -0.15) is 0 Å². The topological polar surface area (TPSA) is 0 Å². The molecule has 0 saturated carbocycles. The van der Waals surface area contributed by atoms with Crippen molar-refractivity contribution in [2.24, 2.45) is 0 Å². The summed E-state index contributed by atoms with van der Waals surface area (Å²) < 4.78 is 23.8. The molecular weight excluding hydrogens is 194 g/mol. The summed E-state index contributed by atoms with van der Waals surface area (Å²) in [5.41, 5.74) is 3.10. The Morgan fingerprint density at radius 2 is 1.92 bits per heavy atom. The highest BCUT2D eigenvalue weighted by molar-refractivity contribution is 6.30. The Labute approximate surface area is 80.1 Å². The van der Waals surface area contributed by atoms with Crippen molar-refractivity contribution in [1.29, 1.82) is 0 Å². The normalized spacial score (nSPS) is 9.54. The van der Waals surface area contributed by atoms with E-state index in [0.717, 1.165) is 5.56 Å². The summed E-state index contributed by atoms with van der Waals surface area (Å²) >= 11 is 5.19. The van der Waals surface area contributed by atoms with Gasteiger partial charge in [-0.05, 0) is 11.6 Å². The largest absolute Gasteiger partial charge is 0.281 e. The van der Waals surface area contributed by atoms with Crippen molar-refractivity contribution in [3.8, 4) is 0 Å². The Hall–Kier alpha value is -1.11. The zero-order valence-corrected chi connectivity index (χ0v) is 7.43. The third kappa shape index (κ3) is 3.41. The Morgan fingerprint density at radius 3 is 2.46 bits per heavy atom. The molecule has 0 fully saturated rings. The van der Waals surface area contributed by atoms with Crippen LogP contribution in [0.4, 0.5) is 8.78 Å². The molecule has 68 valence electrons. The zero-order valence-electron chi connectivity index (χ0n) is 6.68. The molecule has 1 aromatic rings. The Balaban J connectivity index is 2.85. The highest BCUT2D eigenvalue weighted by Crippen LogP contribution is 2.11. The molecule has 0 aliphatic carbocycles. The number of allylic oxidation sites excluding steroid dienone is 1. The van der Waals surface area contributed by atoms with Gasteiger partial charge in [0.2, 0.25) is 0 Å². The number of alkyl halides is 2. The quantitative estimate of drug-likeness (QED) is 0.639. The predicted octanol–water partition coefficient (Wildman–Crippen LogP) is 3.69. The molecule has 0 saturated heterocycles. The van der Waals surface area contributed by atoms with Gasteiger partial charge in [-0.3, -0.25) is 0 Å². The van der Waals surface area contributed by atoms with Crippen LogP contribution in [0.1, 0.15) is 5.56 Å². The second-order valence-electron chi connectivity index (χ2n) is 2.35. The van der Waals surface area contributed by atoms with Gasteiger partial charge in [0.25, 0.3) is 6.43 Å². The molecule has 0 nitrogen and oxygen atoms in total. The smallest absolute Gasteiger partial charge is 0.203 e. The number of hydrogen-bond acceptors (Lipinski definition) is 0. The van der Waals surface area contributed by atoms with Crippen LogP contribution in [-0.4, -0.2) is 6.43 Å². The second-order valence-corrected chi connectivity index (χ2v) is 2.76. The van der Waals surface area contributed by atoms with Crippen LogP contribution in [-0.2, 0) is 0 Å². The molecule has 13 heavy (non-hydrogen) atoms. The summed E-state index contributed by atoms with van der Waals surface area (Å²) in [6.45, 7) is 0. The van der Waals surface area contributed by atoms with Gasteiger partial charge in [0.05, 0.1) is 0 Å². The van der Waals surface area contributed by atoms with E-state index in [1.807, 2.05) is 18.2 Å². The molecule has 0 unspecified atom stereocenters. The van der Waals surface area contributed by atoms with E-state index < -0.39 is 11.5 Å². The number of rotatable bonds is 2. The first-order valence-electron chi connectivity index (χ1n) is 3.65. The van der Waals surface area contributed by atoms with E-state index in [1.165, 1.54) is 6.08 Å². The highest BCUT2D eigenvalue weighted by atomic mass is 35.5. The summed E-state index contributed by atoms with van der Waals surface area (Å²) in [7, 11) is 0. The Morgan fingerprint density at radius 1 is 1.31 bits per heavy atom. The Kier molecular flexibility index (Phi) is 3.69. The minimum absolute atomic E-state index is 0.566. The summed E-state index contributed by atoms with van der Waals surface area (Å²) in [6, 6.07) is 9.02. The fraction of sp³-hybridized carbons (Fsp3) is 0.100. The molecule has 0 radical (unpaired) electrons. The lowest BCUT2D eigenvalue weighted by Gasteiger charge is -1.90. The van der Waals surface area contributed by atoms with E-state index in [1.54, 1.807) is 12.1 Å². The highest BCUT2D eigenvalue weighted by Gasteiger charge is 2.04. The van der Waals surface area contributed by atoms with E-state index in [9.17, 15) is 8.78 Å². The van der Waals surface area contributed by atoms with Gasteiger partial charge in [0.15, 0.2) is 0 Å². The molecule has 3 heteroatoms. The molecular formula is C10H7ClF2. The lowest BCUT2D eigenvalue weighted by atomic mass is 10.2. The summed E-state index contributed by atoms with van der Waals surface area (Å²) in [5.74, 6) is 0. The van der Waals surface area contributed by atoms with Crippen LogP contribution in [0.5, 0.6) is 0 Å². The third-order valence-corrected chi connectivity index (χ3v) is 1.64. The fourth-order valence-electron chi connectivity index (χ4n) is 0.765. The fourth-order valence-corrected chi connectivity index (χ4v) is 0.819. The minimum atomic E-state index is -2.65. The molecule has 0 aromatic heterocycles. The van der Waals surface area contributed by atoms with Gasteiger partial charge in [0, 0.05) is 0 Å². The molecule has 0 amide bonds. The molecule has 1 aromatic carbocycles. The molecule has 0 aliphatic heterocycles. The average molecular weight is 201 g/mol. The van der Waals surface area contributed by atoms with Crippen molar-refractivity contribution in [3.05, 3.63) is 46.7 Å². The van der Waals surface area contributed by atoms with Crippen molar-refractivity contribution >= 4 is 17.7 Å². The lowest BCUT2D eigenvalue weighted by molar-refractivity contribution is 0.199. The Bertz CT molecular complexity index is 324. The third-order valence-electron chi connectivity index (χ3n) is 1.37. The number of hydrogen-bond donors (Lipinski definition) is 0. The maximum Gasteiger partial charge on any atom is 0.281 e.